The van der Waals surface area contributed by atoms with Gasteiger partial charge in [-0.2, -0.15) is 9.97 Å². The van der Waals surface area contributed by atoms with Gasteiger partial charge in [0.05, 0.1) is 18.2 Å². The fourth-order valence-corrected chi connectivity index (χ4v) is 4.67. The highest BCUT2D eigenvalue weighted by atomic mass is 35.5. The Balaban J connectivity index is 1.64. The van der Waals surface area contributed by atoms with E-state index < -0.39 is 0 Å². The van der Waals surface area contributed by atoms with E-state index in [1.807, 2.05) is 25.1 Å². The third-order valence-electron chi connectivity index (χ3n) is 4.81. The quantitative estimate of drug-likeness (QED) is 0.420. The number of rotatable bonds is 7. The molecule has 1 aliphatic heterocycles. The fraction of sp³-hybridized carbons (Fsp3) is 0.333. The van der Waals surface area contributed by atoms with Crippen molar-refractivity contribution in [2.75, 3.05) is 18.0 Å². The number of amides is 1. The average molecular weight is 444 g/mol. The van der Waals surface area contributed by atoms with E-state index in [9.17, 15) is 4.79 Å². The Morgan fingerprint density at radius 2 is 2.10 bits per heavy atom. The van der Waals surface area contributed by atoms with Crippen molar-refractivity contribution < 1.29 is 9.53 Å². The molecule has 0 radical (unpaired) electrons. The number of carbonyl (C=O) groups excluding carboxylic acids is 1. The lowest BCUT2D eigenvalue weighted by molar-refractivity contribution is -0.120. The molecule has 0 bridgehead atoms. The highest BCUT2D eigenvalue weighted by Crippen LogP contribution is 2.39. The van der Waals surface area contributed by atoms with Gasteiger partial charge >= 0.3 is 0 Å². The van der Waals surface area contributed by atoms with Gasteiger partial charge in [0.1, 0.15) is 0 Å². The molecule has 0 atom stereocenters. The molecule has 4 rings (SSSR count). The Morgan fingerprint density at radius 1 is 1.27 bits per heavy atom. The van der Waals surface area contributed by atoms with Crippen molar-refractivity contribution in [2.24, 2.45) is 0 Å². The van der Waals surface area contributed by atoms with Crippen molar-refractivity contribution in [2.45, 2.75) is 38.1 Å². The summed E-state index contributed by atoms with van der Waals surface area (Å²) in [5.74, 6) is 1.35. The van der Waals surface area contributed by atoms with Crippen LogP contribution in [0.3, 0.4) is 0 Å². The van der Waals surface area contributed by atoms with Crippen LogP contribution < -0.4 is 11.1 Å². The molecule has 0 aliphatic carbocycles. The molecule has 9 heteroatoms. The van der Waals surface area contributed by atoms with Gasteiger partial charge in [-0.1, -0.05) is 41.6 Å². The summed E-state index contributed by atoms with van der Waals surface area (Å²) in [6.45, 7) is 3.64. The van der Waals surface area contributed by atoms with Crippen LogP contribution in [0.4, 0.5) is 5.95 Å². The number of hydrogen-bond acceptors (Lipinski definition) is 7. The third kappa shape index (κ3) is 4.35. The molecule has 0 fully saturated rings. The molecule has 1 aromatic heterocycles. The van der Waals surface area contributed by atoms with Crippen LogP contribution in [0.5, 0.6) is 0 Å². The van der Waals surface area contributed by atoms with Crippen LogP contribution >= 0.6 is 23.4 Å². The van der Waals surface area contributed by atoms with Gasteiger partial charge in [-0.25, -0.2) is 4.98 Å². The summed E-state index contributed by atoms with van der Waals surface area (Å²) in [7, 11) is 0. The molecule has 1 aliphatic rings. The van der Waals surface area contributed by atoms with Gasteiger partial charge in [0, 0.05) is 24.3 Å². The predicted molar refractivity (Wildman–Crippen MR) is 119 cm³/mol. The molecule has 30 heavy (non-hydrogen) atoms. The first-order chi connectivity index (χ1) is 14.6. The number of nitrogens with zero attached hydrogens (tertiary/aromatic N) is 3. The number of thioether (sulfide) groups is 1. The molecular weight excluding hydrogens is 422 g/mol. The highest BCUT2D eigenvalue weighted by molar-refractivity contribution is 7.99. The normalized spacial score (nSPS) is 12.9. The number of nitrogens with two attached hydrogens (primary N) is 1. The van der Waals surface area contributed by atoms with E-state index in [2.05, 4.69) is 26.3 Å². The number of benzene rings is 2. The van der Waals surface area contributed by atoms with Crippen LogP contribution in [0, 0.1) is 0 Å². The molecule has 0 saturated carbocycles. The number of nitrogens with one attached hydrogen (secondary N) is 1. The Hall–Kier alpha value is -2.42. The SMILES string of the molecule is CCNC(=O)CCCSc1nc(N)nc(-c2c(Cl)cc3c4c(cccc24)COC3)n1. The van der Waals surface area contributed by atoms with Crippen molar-refractivity contribution in [1.29, 1.82) is 0 Å². The maximum absolute atomic E-state index is 11.6. The van der Waals surface area contributed by atoms with Crippen LogP contribution in [-0.4, -0.2) is 33.2 Å². The first-order valence-corrected chi connectivity index (χ1v) is 11.1. The van der Waals surface area contributed by atoms with Gasteiger partial charge in [0.15, 0.2) is 11.0 Å². The van der Waals surface area contributed by atoms with Crippen LogP contribution in [-0.2, 0) is 22.7 Å². The number of carbonyl (C=O) groups is 1. The van der Waals surface area contributed by atoms with Crippen molar-refractivity contribution in [3.63, 3.8) is 0 Å². The molecule has 3 N–H and O–H groups in total. The van der Waals surface area contributed by atoms with Gasteiger partial charge in [0.25, 0.3) is 0 Å². The second-order valence-electron chi connectivity index (χ2n) is 6.93. The van der Waals surface area contributed by atoms with Gasteiger partial charge < -0.3 is 15.8 Å². The number of anilines is 1. The number of aromatic nitrogens is 3. The first kappa shape index (κ1) is 20.8. The minimum absolute atomic E-state index is 0.0496. The predicted octanol–water partition coefficient (Wildman–Crippen LogP) is 3.97. The molecule has 0 saturated heterocycles. The lowest BCUT2D eigenvalue weighted by Gasteiger charge is -2.20. The Morgan fingerprint density at radius 3 is 2.93 bits per heavy atom. The lowest BCUT2D eigenvalue weighted by atomic mass is 9.94. The Kier molecular flexibility index (Phi) is 6.36. The molecular formula is C21H22ClN5O2S. The van der Waals surface area contributed by atoms with Crippen molar-refractivity contribution in [3.8, 4) is 11.4 Å². The zero-order valence-electron chi connectivity index (χ0n) is 16.6. The molecule has 1 amide bonds. The largest absolute Gasteiger partial charge is 0.372 e. The molecule has 7 nitrogen and oxygen atoms in total. The number of nitrogen functional groups attached to an aromatic ring is 1. The zero-order chi connectivity index (χ0) is 21.1. The summed E-state index contributed by atoms with van der Waals surface area (Å²) in [5, 5.41) is 5.99. The van der Waals surface area contributed by atoms with E-state index in [1.165, 1.54) is 11.8 Å². The summed E-state index contributed by atoms with van der Waals surface area (Å²) >= 11 is 8.10. The summed E-state index contributed by atoms with van der Waals surface area (Å²) in [6.07, 6.45) is 1.19. The van der Waals surface area contributed by atoms with E-state index in [-0.39, 0.29) is 11.9 Å². The minimum atomic E-state index is 0.0496. The maximum Gasteiger partial charge on any atom is 0.224 e. The average Bonchev–Trinajstić information content (AvgIpc) is 2.71. The third-order valence-corrected chi connectivity index (χ3v) is 6.04. The summed E-state index contributed by atoms with van der Waals surface area (Å²) in [4.78, 5) is 24.8. The van der Waals surface area contributed by atoms with E-state index in [0.29, 0.717) is 47.9 Å². The number of hydrogen-bond donors (Lipinski definition) is 2. The Bertz CT molecular complexity index is 1110. The van der Waals surface area contributed by atoms with E-state index in [4.69, 9.17) is 22.1 Å². The Labute approximate surface area is 183 Å². The van der Waals surface area contributed by atoms with E-state index in [0.717, 1.165) is 33.9 Å². The van der Waals surface area contributed by atoms with Crippen LogP contribution in [0.25, 0.3) is 22.2 Å². The fourth-order valence-electron chi connectivity index (χ4n) is 3.58. The molecule has 2 heterocycles. The van der Waals surface area contributed by atoms with Crippen molar-refractivity contribution in [3.05, 3.63) is 40.4 Å². The minimum Gasteiger partial charge on any atom is -0.372 e. The van der Waals surface area contributed by atoms with Gasteiger partial charge in [-0.15, -0.1) is 0 Å². The summed E-state index contributed by atoms with van der Waals surface area (Å²) < 4.78 is 5.66. The molecule has 2 aromatic carbocycles. The summed E-state index contributed by atoms with van der Waals surface area (Å²) in [5.41, 5.74) is 8.90. The van der Waals surface area contributed by atoms with Crippen LogP contribution in [0.15, 0.2) is 29.4 Å². The smallest absolute Gasteiger partial charge is 0.224 e. The van der Waals surface area contributed by atoms with Gasteiger partial charge in [-0.3, -0.25) is 4.79 Å². The molecule has 0 unspecified atom stereocenters. The topological polar surface area (TPSA) is 103 Å². The van der Waals surface area contributed by atoms with Crippen molar-refractivity contribution >= 4 is 46.0 Å². The molecule has 156 valence electrons. The van der Waals surface area contributed by atoms with E-state index >= 15 is 0 Å². The monoisotopic (exact) mass is 443 g/mol. The molecule has 0 spiro atoms. The standard InChI is InChI=1S/C21H22ClN5O2S/c1-2-24-16(28)7-4-8-30-21-26-19(25-20(23)27-21)18-14-6-3-5-12-10-29-11-13(17(12)14)9-15(18)22/h3,5-6,9H,2,4,7-8,10-11H2,1H3,(H,24,28)(H2,23,25,26,27). The highest BCUT2D eigenvalue weighted by Gasteiger charge is 2.21. The van der Waals surface area contributed by atoms with Gasteiger partial charge in [-0.05, 0) is 41.3 Å². The van der Waals surface area contributed by atoms with Crippen LogP contribution in [0.2, 0.25) is 5.02 Å². The van der Waals surface area contributed by atoms with E-state index in [1.54, 1.807) is 0 Å². The second kappa shape index (κ2) is 9.16. The zero-order valence-corrected chi connectivity index (χ0v) is 18.1. The summed E-state index contributed by atoms with van der Waals surface area (Å²) in [6, 6.07) is 7.98. The van der Waals surface area contributed by atoms with Crippen LogP contribution in [0.1, 0.15) is 30.9 Å². The maximum atomic E-state index is 11.6. The van der Waals surface area contributed by atoms with Gasteiger partial charge in [0.2, 0.25) is 11.9 Å². The molecule has 3 aromatic rings. The lowest BCUT2D eigenvalue weighted by Crippen LogP contribution is -2.22. The van der Waals surface area contributed by atoms with Crippen molar-refractivity contribution in [1.82, 2.24) is 20.3 Å². The first-order valence-electron chi connectivity index (χ1n) is 9.79. The second-order valence-corrected chi connectivity index (χ2v) is 8.40. The number of halogens is 1. The number of ether oxygens (including phenoxy) is 1.